The summed E-state index contributed by atoms with van der Waals surface area (Å²) in [7, 11) is 0. The fourth-order valence-corrected chi connectivity index (χ4v) is 9.44. The summed E-state index contributed by atoms with van der Waals surface area (Å²) in [6.45, 7) is 19.3. The largest absolute Gasteiger partial charge is 0.444 e. The van der Waals surface area contributed by atoms with Crippen molar-refractivity contribution in [1.29, 1.82) is 0 Å². The van der Waals surface area contributed by atoms with Gasteiger partial charge >= 0.3 is 12.2 Å². The minimum absolute atomic E-state index is 0.125. The molecule has 2 N–H and O–H groups in total. The molecule has 2 saturated heterocycles. The number of carbonyl (C=O) groups excluding carboxylic acids is 2. The second-order valence-electron chi connectivity index (χ2n) is 18.1. The first kappa shape index (κ1) is 37.8. The summed E-state index contributed by atoms with van der Waals surface area (Å²) in [5.41, 5.74) is 10.4. The van der Waals surface area contributed by atoms with Crippen LogP contribution in [0.2, 0.25) is 0 Å². The summed E-state index contributed by atoms with van der Waals surface area (Å²) in [5.74, 6) is 2.61. The number of hydrogen-bond acceptors (Lipinski definition) is 6. The maximum atomic E-state index is 13.1. The quantitative estimate of drug-likeness (QED) is 0.202. The zero-order valence-corrected chi connectivity index (χ0v) is 34.0. The summed E-state index contributed by atoms with van der Waals surface area (Å²) in [6.07, 6.45) is 10.4. The molecule has 2 aromatic carbocycles. The maximum Gasteiger partial charge on any atom is 0.410 e. The number of likely N-dealkylation sites (tertiary alicyclic amines) is 2. The predicted molar refractivity (Wildman–Crippen MR) is 220 cm³/mol. The Hall–Kier alpha value is -5.12. The van der Waals surface area contributed by atoms with Crippen molar-refractivity contribution in [1.82, 2.24) is 29.7 Å². The average Bonchev–Trinajstić information content (AvgIpc) is 3.99. The van der Waals surface area contributed by atoms with Crippen molar-refractivity contribution in [3.05, 3.63) is 95.4 Å². The van der Waals surface area contributed by atoms with E-state index in [1.54, 1.807) is 4.90 Å². The summed E-state index contributed by atoms with van der Waals surface area (Å²) in [5, 5.41) is 0. The zero-order chi connectivity index (χ0) is 39.5. The summed E-state index contributed by atoms with van der Waals surface area (Å²) >= 11 is 0. The number of aromatic amines is 2. The molecule has 294 valence electrons. The predicted octanol–water partition coefficient (Wildman–Crippen LogP) is 10.9. The highest BCUT2D eigenvalue weighted by atomic mass is 16.6. The molecule has 4 heterocycles. The van der Waals surface area contributed by atoms with E-state index in [2.05, 4.69) is 65.9 Å². The van der Waals surface area contributed by atoms with Crippen LogP contribution in [0.4, 0.5) is 9.59 Å². The van der Waals surface area contributed by atoms with Crippen LogP contribution in [0, 0.1) is 11.8 Å². The van der Waals surface area contributed by atoms with Crippen molar-refractivity contribution in [3.8, 4) is 11.1 Å². The SMILES string of the molecule is C=C/C(=C1\C(=C(/C)c2ccc(-c3ccc4nc([C@@H]5CCCN5C(=O)OC(C)(C)C)[nH]c4c3)cc2)C2CCC1C2)c1cnc([C@@H]2CCCN2C(=O)OC(C)(C)C)[nH]1. The van der Waals surface area contributed by atoms with Crippen molar-refractivity contribution >= 4 is 34.4 Å². The smallest absolute Gasteiger partial charge is 0.410 e. The molecular weight excluding hydrogens is 701 g/mol. The third-order valence-electron chi connectivity index (χ3n) is 11.9. The van der Waals surface area contributed by atoms with Crippen LogP contribution in [0.5, 0.6) is 0 Å². The molecule has 2 aliphatic carbocycles. The Morgan fingerprint density at radius 3 is 1.98 bits per heavy atom. The molecule has 2 aromatic heterocycles. The van der Waals surface area contributed by atoms with Gasteiger partial charge in [0.15, 0.2) is 0 Å². The topological polar surface area (TPSA) is 116 Å². The summed E-state index contributed by atoms with van der Waals surface area (Å²) in [4.78, 5) is 46.5. The fraction of sp³-hybridized carbons (Fsp3) is 0.478. The molecule has 0 spiro atoms. The zero-order valence-electron chi connectivity index (χ0n) is 34.0. The molecule has 56 heavy (non-hydrogen) atoms. The van der Waals surface area contributed by atoms with Gasteiger partial charge in [0.1, 0.15) is 22.9 Å². The van der Waals surface area contributed by atoms with Crippen molar-refractivity contribution in [2.24, 2.45) is 11.8 Å². The number of carbonyl (C=O) groups is 2. The van der Waals surface area contributed by atoms with Gasteiger partial charge in [0.2, 0.25) is 0 Å². The lowest BCUT2D eigenvalue weighted by molar-refractivity contribution is 0.0208. The van der Waals surface area contributed by atoms with Crippen LogP contribution in [0.1, 0.15) is 128 Å². The first-order chi connectivity index (χ1) is 26.7. The van der Waals surface area contributed by atoms with Crippen LogP contribution in [0.25, 0.3) is 33.3 Å². The first-order valence-corrected chi connectivity index (χ1v) is 20.4. The average molecular weight is 757 g/mol. The van der Waals surface area contributed by atoms with Crippen LogP contribution in [-0.4, -0.2) is 66.2 Å². The van der Waals surface area contributed by atoms with Gasteiger partial charge in [0.05, 0.1) is 35.0 Å². The normalized spacial score (nSPS) is 24.3. The first-order valence-electron chi connectivity index (χ1n) is 20.4. The second kappa shape index (κ2) is 14.4. The van der Waals surface area contributed by atoms with Gasteiger partial charge in [0.25, 0.3) is 0 Å². The number of fused-ring (bicyclic) bond motifs is 3. The molecule has 4 aliphatic rings. The molecule has 2 saturated carbocycles. The van der Waals surface area contributed by atoms with Crippen LogP contribution < -0.4 is 0 Å². The van der Waals surface area contributed by atoms with Crippen LogP contribution in [0.3, 0.4) is 0 Å². The molecule has 2 unspecified atom stereocenters. The molecule has 4 aromatic rings. The number of H-pyrrole nitrogens is 2. The number of rotatable bonds is 6. The number of aromatic nitrogens is 4. The Kier molecular flexibility index (Phi) is 9.74. The van der Waals surface area contributed by atoms with Gasteiger partial charge in [-0.05, 0) is 151 Å². The highest BCUT2D eigenvalue weighted by molar-refractivity contribution is 5.86. The van der Waals surface area contributed by atoms with E-state index < -0.39 is 11.2 Å². The molecule has 8 rings (SSSR count). The van der Waals surface area contributed by atoms with Crippen molar-refractivity contribution in [2.75, 3.05) is 13.1 Å². The number of nitrogens with zero attached hydrogens (tertiary/aromatic N) is 4. The molecule has 2 bridgehead atoms. The van der Waals surface area contributed by atoms with E-state index in [0.29, 0.717) is 24.9 Å². The van der Waals surface area contributed by atoms with Gasteiger partial charge < -0.3 is 19.4 Å². The van der Waals surface area contributed by atoms with Gasteiger partial charge in [-0.3, -0.25) is 9.80 Å². The van der Waals surface area contributed by atoms with E-state index in [-0.39, 0.29) is 24.3 Å². The van der Waals surface area contributed by atoms with Gasteiger partial charge in [-0.25, -0.2) is 19.6 Å². The van der Waals surface area contributed by atoms with Gasteiger partial charge in [0, 0.05) is 18.7 Å². The van der Waals surface area contributed by atoms with E-state index in [4.69, 9.17) is 19.4 Å². The second-order valence-corrected chi connectivity index (χ2v) is 18.1. The molecule has 0 radical (unpaired) electrons. The minimum Gasteiger partial charge on any atom is -0.444 e. The number of benzene rings is 2. The molecule has 10 nitrogen and oxygen atoms in total. The highest BCUT2D eigenvalue weighted by Gasteiger charge is 2.43. The third kappa shape index (κ3) is 7.30. The lowest BCUT2D eigenvalue weighted by atomic mass is 9.81. The Balaban J connectivity index is 1.04. The van der Waals surface area contributed by atoms with Crippen molar-refractivity contribution in [3.63, 3.8) is 0 Å². The lowest BCUT2D eigenvalue weighted by Gasteiger charge is -2.27. The highest BCUT2D eigenvalue weighted by Crippen LogP contribution is 2.56. The number of hydrogen-bond donors (Lipinski definition) is 2. The van der Waals surface area contributed by atoms with Gasteiger partial charge in [-0.15, -0.1) is 0 Å². The van der Waals surface area contributed by atoms with E-state index in [1.165, 1.54) is 35.1 Å². The molecule has 10 heteroatoms. The van der Waals surface area contributed by atoms with E-state index in [0.717, 1.165) is 77.2 Å². The van der Waals surface area contributed by atoms with E-state index in [1.807, 2.05) is 58.7 Å². The van der Waals surface area contributed by atoms with E-state index in [9.17, 15) is 9.59 Å². The number of amides is 2. The standard InChI is InChI=1S/C46H56N6O4/c1-9-33(36-26-47-41(50-36)37-12-10-22-51(37)43(53)55-45(3,4)5)40-32-19-18-31(24-32)39(40)27(2)28-14-16-29(17-15-28)30-20-21-34-35(25-30)49-42(48-34)38-13-11-23-52(38)44(54)56-46(6,7)8/h9,14-17,20-21,25-26,31-32,37-38H,1,10-13,18-19,22-24H2,2-8H3,(H,47,50)(H,48,49)/b39-27+,40-33+/t31?,32?,37-,38-/m0/s1. The summed E-state index contributed by atoms with van der Waals surface area (Å²) in [6, 6.07) is 15.0. The number of imidazole rings is 2. The number of nitrogens with one attached hydrogen (secondary N) is 2. The Morgan fingerprint density at radius 2 is 1.38 bits per heavy atom. The third-order valence-corrected chi connectivity index (χ3v) is 11.9. The Bertz CT molecular complexity index is 2230. The molecule has 4 atom stereocenters. The Labute approximate surface area is 330 Å². The monoisotopic (exact) mass is 756 g/mol. The fourth-order valence-electron chi connectivity index (χ4n) is 9.44. The van der Waals surface area contributed by atoms with E-state index >= 15 is 0 Å². The lowest BCUT2D eigenvalue weighted by Crippen LogP contribution is -2.36. The van der Waals surface area contributed by atoms with Crippen molar-refractivity contribution < 1.29 is 19.1 Å². The van der Waals surface area contributed by atoms with Gasteiger partial charge in [-0.1, -0.05) is 43.0 Å². The van der Waals surface area contributed by atoms with Crippen LogP contribution >= 0.6 is 0 Å². The van der Waals surface area contributed by atoms with Gasteiger partial charge in [-0.2, -0.15) is 0 Å². The Morgan fingerprint density at radius 1 is 0.786 bits per heavy atom. The maximum absolute atomic E-state index is 13.1. The molecule has 2 aliphatic heterocycles. The van der Waals surface area contributed by atoms with Crippen molar-refractivity contribution in [2.45, 2.75) is 117 Å². The number of ether oxygens (including phenoxy) is 2. The molecule has 4 fully saturated rings. The van der Waals surface area contributed by atoms with Crippen LogP contribution in [0.15, 0.2) is 72.5 Å². The molecular formula is C46H56N6O4. The number of allylic oxidation sites excluding steroid dienone is 5. The molecule has 2 amide bonds. The summed E-state index contributed by atoms with van der Waals surface area (Å²) < 4.78 is 11.4. The minimum atomic E-state index is -0.550. The van der Waals surface area contributed by atoms with Crippen LogP contribution in [-0.2, 0) is 9.47 Å².